The van der Waals surface area contributed by atoms with Gasteiger partial charge in [-0.2, -0.15) is 0 Å². The van der Waals surface area contributed by atoms with Crippen molar-refractivity contribution >= 4 is 8.74 Å². The summed E-state index contributed by atoms with van der Waals surface area (Å²) in [6, 6.07) is 19.1. The molecule has 0 unspecified atom stereocenters. The van der Waals surface area contributed by atoms with E-state index in [1.165, 1.54) is 0 Å². The molecule has 0 saturated heterocycles. The topological polar surface area (TPSA) is 0 Å². The molecule has 0 saturated carbocycles. The third-order valence-corrected chi connectivity index (χ3v) is 4.09. The van der Waals surface area contributed by atoms with Gasteiger partial charge >= 0.3 is 8.74 Å². The van der Waals surface area contributed by atoms with Crippen molar-refractivity contribution in [2.45, 2.75) is 18.5 Å². The Morgan fingerprint density at radius 2 is 1.22 bits per heavy atom. The minimum absolute atomic E-state index is 0.0268. The molecule has 2 aromatic carbocycles. The molecular formula is C15H16F2Si. The molecule has 0 atom stereocenters. The number of benzene rings is 2. The highest BCUT2D eigenvalue weighted by molar-refractivity contribution is 6.64. The van der Waals surface area contributed by atoms with Crippen LogP contribution in [-0.4, -0.2) is 8.74 Å². The molecule has 18 heavy (non-hydrogen) atoms. The zero-order chi connectivity index (χ0) is 13.0. The molecule has 0 spiro atoms. The van der Waals surface area contributed by atoms with Gasteiger partial charge in [-0.3, -0.25) is 8.22 Å². The van der Waals surface area contributed by atoms with Crippen LogP contribution in [0.4, 0.5) is 8.22 Å². The Hall–Kier alpha value is -1.48. The van der Waals surface area contributed by atoms with Gasteiger partial charge in [0.1, 0.15) is 0 Å². The maximum absolute atomic E-state index is 13.5. The average Bonchev–Trinajstić information content (AvgIpc) is 2.37. The van der Waals surface area contributed by atoms with Crippen LogP contribution in [-0.2, 0) is 0 Å². The number of hydrogen-bond acceptors (Lipinski definition) is 0. The molecule has 2 aromatic rings. The molecule has 2 rings (SSSR count). The smallest absolute Gasteiger partial charge is 0.271 e. The van der Waals surface area contributed by atoms with Crippen molar-refractivity contribution < 1.29 is 8.22 Å². The summed E-state index contributed by atoms with van der Waals surface area (Å²) in [5.74, 6) is -0.195. The SMILES string of the molecule is C[Si](F)(F)CC(c1ccccc1)c1ccccc1. The summed E-state index contributed by atoms with van der Waals surface area (Å²) in [5, 5.41) is 0. The lowest BCUT2D eigenvalue weighted by Crippen LogP contribution is -2.20. The van der Waals surface area contributed by atoms with Gasteiger partial charge in [0, 0.05) is 12.0 Å². The highest BCUT2D eigenvalue weighted by Crippen LogP contribution is 2.33. The molecule has 0 radical (unpaired) electrons. The largest absolute Gasteiger partial charge is 0.422 e. The predicted octanol–water partition coefficient (Wildman–Crippen LogP) is 4.83. The molecular weight excluding hydrogens is 246 g/mol. The third kappa shape index (κ3) is 3.50. The molecule has 0 nitrogen and oxygen atoms in total. The summed E-state index contributed by atoms with van der Waals surface area (Å²) in [4.78, 5) is 0. The lowest BCUT2D eigenvalue weighted by molar-refractivity contribution is 0.593. The molecule has 0 aliphatic carbocycles. The minimum atomic E-state index is -4.09. The maximum Gasteiger partial charge on any atom is 0.422 e. The van der Waals surface area contributed by atoms with E-state index in [2.05, 4.69) is 0 Å². The third-order valence-electron chi connectivity index (χ3n) is 2.97. The Bertz CT molecular complexity index is 437. The summed E-state index contributed by atoms with van der Waals surface area (Å²) in [7, 11) is -4.09. The van der Waals surface area contributed by atoms with Crippen LogP contribution in [0.2, 0.25) is 12.6 Å². The lowest BCUT2D eigenvalue weighted by atomic mass is 9.93. The van der Waals surface area contributed by atoms with E-state index in [1.54, 1.807) is 0 Å². The van der Waals surface area contributed by atoms with E-state index in [0.29, 0.717) is 0 Å². The van der Waals surface area contributed by atoms with E-state index in [-0.39, 0.29) is 12.0 Å². The second-order valence-corrected chi connectivity index (χ2v) is 7.20. The number of hydrogen-bond donors (Lipinski definition) is 0. The molecule has 94 valence electrons. The van der Waals surface area contributed by atoms with Crippen molar-refractivity contribution in [1.82, 2.24) is 0 Å². The van der Waals surface area contributed by atoms with Gasteiger partial charge in [0.2, 0.25) is 0 Å². The van der Waals surface area contributed by atoms with E-state index in [0.717, 1.165) is 17.7 Å². The summed E-state index contributed by atoms with van der Waals surface area (Å²) in [6.45, 7) is 1.12. The van der Waals surface area contributed by atoms with Crippen LogP contribution in [0.5, 0.6) is 0 Å². The maximum atomic E-state index is 13.5. The monoisotopic (exact) mass is 262 g/mol. The van der Waals surface area contributed by atoms with Crippen LogP contribution in [0.15, 0.2) is 60.7 Å². The lowest BCUT2D eigenvalue weighted by Gasteiger charge is -2.20. The fraction of sp³-hybridized carbons (Fsp3) is 0.200. The van der Waals surface area contributed by atoms with Crippen molar-refractivity contribution in [3.63, 3.8) is 0 Å². The molecule has 0 aliphatic rings. The normalized spacial score (nSPS) is 11.8. The van der Waals surface area contributed by atoms with Gasteiger partial charge in [-0.15, -0.1) is 0 Å². The van der Waals surface area contributed by atoms with Crippen LogP contribution in [0.1, 0.15) is 17.0 Å². The standard InChI is InChI=1S/C15H16F2Si/c1-18(16,17)12-15(13-8-4-2-5-9-13)14-10-6-3-7-11-14/h2-11,15H,12H2,1H3. The zero-order valence-corrected chi connectivity index (χ0v) is 11.3. The number of halogens is 2. The van der Waals surface area contributed by atoms with Crippen LogP contribution >= 0.6 is 0 Å². The van der Waals surface area contributed by atoms with E-state index in [4.69, 9.17) is 0 Å². The van der Waals surface area contributed by atoms with Gasteiger partial charge in [-0.25, -0.2) is 0 Å². The van der Waals surface area contributed by atoms with E-state index in [9.17, 15) is 8.22 Å². The molecule has 3 heteroatoms. The van der Waals surface area contributed by atoms with Gasteiger partial charge in [0.05, 0.1) is 0 Å². The number of rotatable bonds is 4. The predicted molar refractivity (Wildman–Crippen MR) is 73.4 cm³/mol. The van der Waals surface area contributed by atoms with Crippen LogP contribution in [0, 0.1) is 0 Å². The Morgan fingerprint density at radius 1 is 0.833 bits per heavy atom. The first-order chi connectivity index (χ1) is 8.56. The van der Waals surface area contributed by atoms with Gasteiger partial charge < -0.3 is 0 Å². The molecule has 0 aliphatic heterocycles. The Balaban J connectivity index is 2.36. The van der Waals surface area contributed by atoms with Crippen molar-refractivity contribution in [2.24, 2.45) is 0 Å². The highest BCUT2D eigenvalue weighted by Gasteiger charge is 2.33. The summed E-state index contributed by atoms with van der Waals surface area (Å²) < 4.78 is 27.0. The van der Waals surface area contributed by atoms with Crippen LogP contribution in [0.3, 0.4) is 0 Å². The van der Waals surface area contributed by atoms with Gasteiger partial charge in [-0.1, -0.05) is 60.7 Å². The molecule has 0 fully saturated rings. The van der Waals surface area contributed by atoms with E-state index >= 15 is 0 Å². The molecule has 0 heterocycles. The van der Waals surface area contributed by atoms with E-state index < -0.39 is 8.74 Å². The Morgan fingerprint density at radius 3 is 1.56 bits per heavy atom. The highest BCUT2D eigenvalue weighted by atomic mass is 28.4. The molecule has 0 N–H and O–H groups in total. The summed E-state index contributed by atoms with van der Waals surface area (Å²) in [5.41, 5.74) is 1.94. The first kappa shape index (κ1) is 13.0. The van der Waals surface area contributed by atoms with Gasteiger partial charge in [0.15, 0.2) is 0 Å². The fourth-order valence-electron chi connectivity index (χ4n) is 2.16. The van der Waals surface area contributed by atoms with E-state index in [1.807, 2.05) is 60.7 Å². The Labute approximate surface area is 108 Å². The fourth-order valence-corrected chi connectivity index (χ4v) is 3.35. The van der Waals surface area contributed by atoms with Crippen molar-refractivity contribution in [3.05, 3.63) is 71.8 Å². The minimum Gasteiger partial charge on any atom is -0.271 e. The van der Waals surface area contributed by atoms with Crippen molar-refractivity contribution in [3.8, 4) is 0 Å². The Kier molecular flexibility index (Phi) is 3.92. The summed E-state index contributed by atoms with van der Waals surface area (Å²) in [6.07, 6.45) is 0. The van der Waals surface area contributed by atoms with Crippen molar-refractivity contribution in [2.75, 3.05) is 0 Å². The van der Waals surface area contributed by atoms with Gasteiger partial charge in [-0.05, 0) is 17.7 Å². The second kappa shape index (κ2) is 5.44. The first-order valence-electron chi connectivity index (χ1n) is 6.04. The van der Waals surface area contributed by atoms with Crippen LogP contribution in [0.25, 0.3) is 0 Å². The van der Waals surface area contributed by atoms with Crippen molar-refractivity contribution in [1.29, 1.82) is 0 Å². The molecule has 0 aromatic heterocycles. The first-order valence-corrected chi connectivity index (χ1v) is 8.50. The van der Waals surface area contributed by atoms with Gasteiger partial charge in [0.25, 0.3) is 0 Å². The zero-order valence-electron chi connectivity index (χ0n) is 10.3. The quantitative estimate of drug-likeness (QED) is 0.547. The summed E-state index contributed by atoms with van der Waals surface area (Å²) >= 11 is 0. The average molecular weight is 262 g/mol. The molecule has 0 bridgehead atoms. The second-order valence-electron chi connectivity index (χ2n) is 4.65. The van der Waals surface area contributed by atoms with Crippen LogP contribution < -0.4 is 0 Å². The molecule has 0 amide bonds.